The average Bonchev–Trinajstić information content (AvgIpc) is 2.27. The van der Waals surface area contributed by atoms with Gasteiger partial charge >= 0.3 is 0 Å². The molecule has 0 aliphatic carbocycles. The van der Waals surface area contributed by atoms with Gasteiger partial charge in [-0.05, 0) is 31.7 Å². The zero-order valence-electron chi connectivity index (χ0n) is 11.3. The van der Waals surface area contributed by atoms with Crippen LogP contribution in [0.25, 0.3) is 0 Å². The van der Waals surface area contributed by atoms with Gasteiger partial charge in [0.15, 0.2) is 0 Å². The van der Waals surface area contributed by atoms with Crippen LogP contribution in [0, 0.1) is 5.92 Å². The molecule has 0 radical (unpaired) electrons. The van der Waals surface area contributed by atoms with Crippen molar-refractivity contribution in [1.29, 1.82) is 0 Å². The van der Waals surface area contributed by atoms with Gasteiger partial charge < -0.3 is 5.32 Å². The van der Waals surface area contributed by atoms with Gasteiger partial charge in [-0.15, -0.1) is 0 Å². The molecule has 1 nitrogen and oxygen atoms in total. The van der Waals surface area contributed by atoms with Crippen molar-refractivity contribution in [2.75, 3.05) is 6.54 Å². The lowest BCUT2D eigenvalue weighted by Gasteiger charge is -2.21. The Hall–Kier alpha value is -0.0400. The summed E-state index contributed by atoms with van der Waals surface area (Å²) in [6.45, 7) is 10.4. The summed E-state index contributed by atoms with van der Waals surface area (Å²) in [5, 5.41) is 3.73. The third-order valence-corrected chi connectivity index (χ3v) is 3.37. The molecule has 1 N–H and O–H groups in total. The van der Waals surface area contributed by atoms with Gasteiger partial charge in [-0.3, -0.25) is 0 Å². The fourth-order valence-electron chi connectivity index (χ4n) is 2.08. The SMILES string of the molecule is CCCCC(CC)CNC(CC)CCC. The molecule has 0 aromatic rings. The van der Waals surface area contributed by atoms with Crippen molar-refractivity contribution >= 4 is 0 Å². The van der Waals surface area contributed by atoms with Crippen molar-refractivity contribution in [3.8, 4) is 0 Å². The van der Waals surface area contributed by atoms with Gasteiger partial charge in [0.2, 0.25) is 0 Å². The molecule has 2 atom stereocenters. The molecular weight excluding hydrogens is 182 g/mol. The van der Waals surface area contributed by atoms with E-state index in [9.17, 15) is 0 Å². The Balaban J connectivity index is 3.66. The molecule has 0 aromatic heterocycles. The lowest BCUT2D eigenvalue weighted by Crippen LogP contribution is -2.32. The second-order valence-electron chi connectivity index (χ2n) is 4.72. The lowest BCUT2D eigenvalue weighted by atomic mass is 9.98. The van der Waals surface area contributed by atoms with Crippen molar-refractivity contribution in [2.24, 2.45) is 5.92 Å². The number of unbranched alkanes of at least 4 members (excludes halogenated alkanes) is 1. The van der Waals surface area contributed by atoms with Gasteiger partial charge in [0.05, 0.1) is 0 Å². The molecule has 92 valence electrons. The normalized spacial score (nSPS) is 15.2. The van der Waals surface area contributed by atoms with Crippen molar-refractivity contribution < 1.29 is 0 Å². The molecule has 0 aromatic carbocycles. The molecule has 0 amide bonds. The summed E-state index contributed by atoms with van der Waals surface area (Å²) >= 11 is 0. The van der Waals surface area contributed by atoms with E-state index in [4.69, 9.17) is 0 Å². The van der Waals surface area contributed by atoms with Crippen LogP contribution in [0.3, 0.4) is 0 Å². The fraction of sp³-hybridized carbons (Fsp3) is 1.00. The summed E-state index contributed by atoms with van der Waals surface area (Å²) in [5.74, 6) is 0.899. The zero-order valence-corrected chi connectivity index (χ0v) is 11.3. The van der Waals surface area contributed by atoms with Crippen LogP contribution >= 0.6 is 0 Å². The lowest BCUT2D eigenvalue weighted by molar-refractivity contribution is 0.371. The van der Waals surface area contributed by atoms with Gasteiger partial charge in [0, 0.05) is 6.04 Å². The molecule has 0 spiro atoms. The largest absolute Gasteiger partial charge is 0.314 e. The van der Waals surface area contributed by atoms with Gasteiger partial charge in [-0.1, -0.05) is 53.4 Å². The molecular formula is C14H31N. The van der Waals surface area contributed by atoms with Gasteiger partial charge in [-0.2, -0.15) is 0 Å². The van der Waals surface area contributed by atoms with E-state index in [0.717, 1.165) is 12.0 Å². The number of nitrogens with one attached hydrogen (secondary N) is 1. The summed E-state index contributed by atoms with van der Waals surface area (Å²) in [6, 6.07) is 0.755. The van der Waals surface area contributed by atoms with Crippen LogP contribution in [0.2, 0.25) is 0 Å². The van der Waals surface area contributed by atoms with Crippen molar-refractivity contribution in [1.82, 2.24) is 5.32 Å². The topological polar surface area (TPSA) is 12.0 Å². The zero-order chi connectivity index (χ0) is 11.5. The first-order valence-corrected chi connectivity index (χ1v) is 7.01. The third kappa shape index (κ3) is 7.84. The molecule has 1 heteroatoms. The smallest absolute Gasteiger partial charge is 0.00644 e. The van der Waals surface area contributed by atoms with Crippen LogP contribution in [0.5, 0.6) is 0 Å². The van der Waals surface area contributed by atoms with Crippen LogP contribution in [0.4, 0.5) is 0 Å². The Bertz CT molecular complexity index is 123. The Labute approximate surface area is 97.0 Å². The maximum atomic E-state index is 3.73. The minimum Gasteiger partial charge on any atom is -0.314 e. The van der Waals surface area contributed by atoms with Gasteiger partial charge in [-0.25, -0.2) is 0 Å². The van der Waals surface area contributed by atoms with Gasteiger partial charge in [0.1, 0.15) is 0 Å². The summed E-state index contributed by atoms with van der Waals surface area (Å²) in [4.78, 5) is 0. The molecule has 15 heavy (non-hydrogen) atoms. The summed E-state index contributed by atoms with van der Waals surface area (Å²) in [7, 11) is 0. The molecule has 0 rings (SSSR count). The number of hydrogen-bond donors (Lipinski definition) is 1. The monoisotopic (exact) mass is 213 g/mol. The number of hydrogen-bond acceptors (Lipinski definition) is 1. The van der Waals surface area contributed by atoms with E-state index >= 15 is 0 Å². The predicted molar refractivity (Wildman–Crippen MR) is 70.3 cm³/mol. The van der Waals surface area contributed by atoms with Crippen LogP contribution in [0.15, 0.2) is 0 Å². The predicted octanol–water partition coefficient (Wildman–Crippen LogP) is 4.37. The van der Waals surface area contributed by atoms with E-state index in [0.29, 0.717) is 0 Å². The minimum absolute atomic E-state index is 0.755. The molecule has 0 heterocycles. The Morgan fingerprint density at radius 1 is 0.867 bits per heavy atom. The highest BCUT2D eigenvalue weighted by molar-refractivity contribution is 4.68. The first-order valence-electron chi connectivity index (χ1n) is 7.01. The Kier molecular flexibility index (Phi) is 10.4. The van der Waals surface area contributed by atoms with Crippen LogP contribution in [-0.4, -0.2) is 12.6 Å². The third-order valence-electron chi connectivity index (χ3n) is 3.37. The molecule has 0 saturated carbocycles. The highest BCUT2D eigenvalue weighted by Crippen LogP contribution is 2.12. The van der Waals surface area contributed by atoms with Crippen LogP contribution < -0.4 is 5.32 Å². The van der Waals surface area contributed by atoms with Crippen molar-refractivity contribution in [2.45, 2.75) is 78.7 Å². The van der Waals surface area contributed by atoms with Crippen LogP contribution in [-0.2, 0) is 0 Å². The summed E-state index contributed by atoms with van der Waals surface area (Å²) in [5.41, 5.74) is 0. The molecule has 0 bridgehead atoms. The van der Waals surface area contributed by atoms with E-state index in [2.05, 4.69) is 33.0 Å². The van der Waals surface area contributed by atoms with Crippen LogP contribution in [0.1, 0.15) is 72.6 Å². The maximum Gasteiger partial charge on any atom is 0.00644 e. The maximum absolute atomic E-state index is 3.73. The highest BCUT2D eigenvalue weighted by Gasteiger charge is 2.09. The van der Waals surface area contributed by atoms with E-state index < -0.39 is 0 Å². The fourth-order valence-corrected chi connectivity index (χ4v) is 2.08. The molecule has 2 unspecified atom stereocenters. The summed E-state index contributed by atoms with van der Waals surface area (Å²) < 4.78 is 0. The van der Waals surface area contributed by atoms with E-state index in [-0.39, 0.29) is 0 Å². The quantitative estimate of drug-likeness (QED) is 0.568. The van der Waals surface area contributed by atoms with Crippen molar-refractivity contribution in [3.63, 3.8) is 0 Å². The van der Waals surface area contributed by atoms with Crippen molar-refractivity contribution in [3.05, 3.63) is 0 Å². The highest BCUT2D eigenvalue weighted by atomic mass is 14.9. The second kappa shape index (κ2) is 10.5. The molecule has 0 aliphatic heterocycles. The number of rotatable bonds is 10. The van der Waals surface area contributed by atoms with E-state index in [1.807, 2.05) is 0 Å². The standard InChI is InChI=1S/C14H31N/c1-5-9-11-13(7-3)12-15-14(8-4)10-6-2/h13-15H,5-12H2,1-4H3. The minimum atomic E-state index is 0.755. The van der Waals surface area contributed by atoms with Gasteiger partial charge in [0.25, 0.3) is 0 Å². The first-order chi connectivity index (χ1) is 7.28. The second-order valence-corrected chi connectivity index (χ2v) is 4.72. The first kappa shape index (κ1) is 15.0. The summed E-state index contributed by atoms with van der Waals surface area (Å²) in [6.07, 6.45) is 9.38. The van der Waals surface area contributed by atoms with E-state index in [1.165, 1.54) is 51.5 Å². The average molecular weight is 213 g/mol. The molecule has 0 fully saturated rings. The Morgan fingerprint density at radius 2 is 1.60 bits per heavy atom. The van der Waals surface area contributed by atoms with E-state index in [1.54, 1.807) is 0 Å². The Morgan fingerprint density at radius 3 is 2.07 bits per heavy atom. The molecule has 0 saturated heterocycles. The molecule has 0 aliphatic rings.